The van der Waals surface area contributed by atoms with Crippen LogP contribution in [0.2, 0.25) is 0 Å². The molecule has 1 amide bonds. The monoisotopic (exact) mass is 614 g/mol. The van der Waals surface area contributed by atoms with Gasteiger partial charge in [0.2, 0.25) is 5.78 Å². The predicted octanol–water partition coefficient (Wildman–Crippen LogP) is 3.98. The molecule has 3 aromatic rings. The number of Topliss-reactive ketones (excluding diaryl/α,β-unsaturated/α-hetero) is 1. The molecule has 2 N–H and O–H groups in total. The number of nitrogens with one attached hydrogen (secondary N) is 1. The SMILES string of the molecule is CC(=O)O[C@H]1C[N+]2(CC(=O)c3ccc(O)cc3)CCC1CC2.O=C(Nc1ccccc1)c1ccccc1.O=C([O-])C(F)(F)F. The largest absolute Gasteiger partial charge is 0.542 e. The summed E-state index contributed by atoms with van der Waals surface area (Å²) in [5.74, 6) is -2.62. The van der Waals surface area contributed by atoms with E-state index >= 15 is 0 Å². The number of aromatic hydroxyl groups is 1. The first kappa shape index (κ1) is 33.8. The van der Waals surface area contributed by atoms with E-state index in [1.165, 1.54) is 19.1 Å². The fourth-order valence-electron chi connectivity index (χ4n) is 5.15. The van der Waals surface area contributed by atoms with E-state index in [2.05, 4.69) is 5.32 Å². The second-order valence-corrected chi connectivity index (χ2v) is 10.6. The number of phenols is 1. The second-order valence-electron chi connectivity index (χ2n) is 10.6. The number of fused-ring (bicyclic) bond motifs is 3. The van der Waals surface area contributed by atoms with Crippen LogP contribution in [-0.4, -0.2) is 71.7 Å². The minimum absolute atomic E-state index is 0.0485. The fourth-order valence-corrected chi connectivity index (χ4v) is 5.15. The van der Waals surface area contributed by atoms with Gasteiger partial charge in [0, 0.05) is 42.5 Å². The molecule has 6 rings (SSSR count). The highest BCUT2D eigenvalue weighted by atomic mass is 19.4. The number of phenolic OH excluding ortho intramolecular Hbond substituents is 1. The molecule has 3 aliphatic heterocycles. The van der Waals surface area contributed by atoms with Gasteiger partial charge in [0.25, 0.3) is 5.91 Å². The Morgan fingerprint density at radius 1 is 0.886 bits per heavy atom. The van der Waals surface area contributed by atoms with Crippen molar-refractivity contribution in [2.45, 2.75) is 32.0 Å². The summed E-state index contributed by atoms with van der Waals surface area (Å²) < 4.78 is 37.7. The lowest BCUT2D eigenvalue weighted by Gasteiger charge is -2.51. The van der Waals surface area contributed by atoms with Crippen molar-refractivity contribution in [2.75, 3.05) is 31.5 Å². The number of carboxylic acid groups (broad SMARTS) is 1. The van der Waals surface area contributed by atoms with Crippen LogP contribution in [-0.2, 0) is 14.3 Å². The van der Waals surface area contributed by atoms with E-state index in [4.69, 9.17) is 14.6 Å². The Labute approximate surface area is 252 Å². The third-order valence-corrected chi connectivity index (χ3v) is 7.33. The minimum atomic E-state index is -5.19. The first-order valence-corrected chi connectivity index (χ1v) is 13.8. The molecule has 0 spiro atoms. The maximum atomic E-state index is 12.5. The number of quaternary nitrogens is 1. The normalized spacial score (nSPS) is 20.1. The number of anilines is 1. The van der Waals surface area contributed by atoms with E-state index < -0.39 is 12.1 Å². The van der Waals surface area contributed by atoms with Crippen LogP contribution in [0.4, 0.5) is 18.9 Å². The van der Waals surface area contributed by atoms with Crippen LogP contribution in [0.25, 0.3) is 0 Å². The van der Waals surface area contributed by atoms with Crippen molar-refractivity contribution >= 4 is 29.3 Å². The van der Waals surface area contributed by atoms with Gasteiger partial charge in [-0.15, -0.1) is 0 Å². The van der Waals surface area contributed by atoms with Crippen LogP contribution in [0.5, 0.6) is 5.75 Å². The van der Waals surface area contributed by atoms with E-state index in [-0.39, 0.29) is 29.5 Å². The number of amides is 1. The smallest absolute Gasteiger partial charge is 0.430 e. The van der Waals surface area contributed by atoms with Crippen molar-refractivity contribution in [3.05, 3.63) is 96.1 Å². The van der Waals surface area contributed by atoms with Gasteiger partial charge >= 0.3 is 12.1 Å². The summed E-state index contributed by atoms with van der Waals surface area (Å²) in [4.78, 5) is 44.3. The van der Waals surface area contributed by atoms with Crippen LogP contribution in [0.15, 0.2) is 84.9 Å². The molecule has 1 atom stereocenters. The number of rotatable bonds is 6. The number of halogens is 3. The molecule has 9 nitrogen and oxygen atoms in total. The Hall–Kier alpha value is -4.71. The van der Waals surface area contributed by atoms with Crippen LogP contribution in [0.1, 0.15) is 40.5 Å². The number of piperidine rings is 3. The number of carboxylic acids is 1. The lowest BCUT2D eigenvalue weighted by atomic mass is 9.83. The quantitative estimate of drug-likeness (QED) is 0.244. The van der Waals surface area contributed by atoms with Gasteiger partial charge in [0.05, 0.1) is 13.1 Å². The van der Waals surface area contributed by atoms with Gasteiger partial charge in [-0.25, -0.2) is 0 Å². The van der Waals surface area contributed by atoms with E-state index in [0.717, 1.165) is 38.2 Å². The molecule has 3 fully saturated rings. The van der Waals surface area contributed by atoms with E-state index in [9.17, 15) is 32.7 Å². The molecule has 2 bridgehead atoms. The zero-order chi connectivity index (χ0) is 32.3. The average Bonchev–Trinajstić information content (AvgIpc) is 2.99. The van der Waals surface area contributed by atoms with E-state index in [1.54, 1.807) is 24.3 Å². The van der Waals surface area contributed by atoms with E-state index in [0.29, 0.717) is 28.1 Å². The number of carbonyl (C=O) groups is 4. The van der Waals surface area contributed by atoms with Crippen molar-refractivity contribution in [1.29, 1.82) is 0 Å². The van der Waals surface area contributed by atoms with Crippen LogP contribution in [0, 0.1) is 5.92 Å². The number of hydrogen-bond donors (Lipinski definition) is 2. The number of carbonyl (C=O) groups excluding carboxylic acids is 4. The predicted molar refractivity (Wildman–Crippen MR) is 152 cm³/mol. The number of alkyl halides is 3. The number of hydrogen-bond acceptors (Lipinski definition) is 7. The Kier molecular flexibility index (Phi) is 11.6. The molecule has 0 radical (unpaired) electrons. The first-order valence-electron chi connectivity index (χ1n) is 13.8. The zero-order valence-electron chi connectivity index (χ0n) is 24.0. The molecule has 0 aromatic heterocycles. The Morgan fingerprint density at radius 3 is 1.91 bits per heavy atom. The minimum Gasteiger partial charge on any atom is -0.542 e. The molecule has 3 aliphatic rings. The molecular formula is C32H33F3N2O7. The van der Waals surface area contributed by atoms with Crippen molar-refractivity contribution in [1.82, 2.24) is 0 Å². The third-order valence-electron chi connectivity index (χ3n) is 7.33. The molecule has 234 valence electrons. The Balaban J connectivity index is 0.000000208. The van der Waals surface area contributed by atoms with Gasteiger partial charge in [0.15, 0.2) is 6.10 Å². The third kappa shape index (κ3) is 10.2. The Bertz CT molecular complexity index is 1410. The lowest BCUT2D eigenvalue weighted by Crippen LogP contribution is -2.65. The van der Waals surface area contributed by atoms with Crippen molar-refractivity contribution in [3.8, 4) is 5.75 Å². The molecular weight excluding hydrogens is 581 g/mol. The summed E-state index contributed by atoms with van der Waals surface area (Å²) in [5.41, 5.74) is 2.11. The lowest BCUT2D eigenvalue weighted by molar-refractivity contribution is -0.938. The van der Waals surface area contributed by atoms with Gasteiger partial charge in [-0.3, -0.25) is 14.4 Å². The summed E-state index contributed by atoms with van der Waals surface area (Å²) in [6.07, 6.45) is -3.21. The summed E-state index contributed by atoms with van der Waals surface area (Å²) in [6, 6.07) is 25.0. The topological polar surface area (TPSA) is 133 Å². The van der Waals surface area contributed by atoms with Crippen molar-refractivity contribution in [3.63, 3.8) is 0 Å². The van der Waals surface area contributed by atoms with Gasteiger partial charge in [-0.2, -0.15) is 13.2 Å². The first-order chi connectivity index (χ1) is 20.8. The highest BCUT2D eigenvalue weighted by Crippen LogP contribution is 2.35. The summed E-state index contributed by atoms with van der Waals surface area (Å²) in [6.45, 7) is 4.59. The van der Waals surface area contributed by atoms with Crippen LogP contribution in [0.3, 0.4) is 0 Å². The van der Waals surface area contributed by atoms with Gasteiger partial charge in [-0.1, -0.05) is 36.4 Å². The molecule has 3 saturated heterocycles. The average molecular weight is 615 g/mol. The summed E-state index contributed by atoms with van der Waals surface area (Å²) >= 11 is 0. The maximum absolute atomic E-state index is 12.5. The van der Waals surface area contributed by atoms with Gasteiger partial charge in [0.1, 0.15) is 24.8 Å². The van der Waals surface area contributed by atoms with Gasteiger partial charge < -0.3 is 29.5 Å². The summed E-state index contributed by atoms with van der Waals surface area (Å²) in [7, 11) is 0. The molecule has 0 aliphatic carbocycles. The number of nitrogens with zero attached hydrogens (tertiary/aromatic N) is 1. The van der Waals surface area contributed by atoms with Crippen LogP contribution >= 0.6 is 0 Å². The maximum Gasteiger partial charge on any atom is 0.430 e. The zero-order valence-corrected chi connectivity index (χ0v) is 24.0. The molecule has 3 heterocycles. The molecule has 0 unspecified atom stereocenters. The number of para-hydroxylation sites is 1. The molecule has 44 heavy (non-hydrogen) atoms. The second kappa shape index (κ2) is 15.1. The molecule has 12 heteroatoms. The number of esters is 1. The van der Waals surface area contributed by atoms with Crippen molar-refractivity contribution in [2.24, 2.45) is 5.92 Å². The van der Waals surface area contributed by atoms with E-state index in [1.807, 2.05) is 48.5 Å². The number of ketones is 1. The van der Waals surface area contributed by atoms with Crippen LogP contribution < -0.4 is 10.4 Å². The molecule has 0 saturated carbocycles. The molecule has 3 aromatic carbocycles. The highest BCUT2D eigenvalue weighted by Gasteiger charge is 2.48. The number of aliphatic carboxylic acids is 1. The highest BCUT2D eigenvalue weighted by molar-refractivity contribution is 6.04. The van der Waals surface area contributed by atoms with Gasteiger partial charge in [-0.05, 0) is 48.5 Å². The standard InChI is InChI=1S/C17H21NO4.C13H11NO.C2HF3O2/c1-12(19)22-17-11-18(8-6-14(17)7-9-18)10-16(21)13-2-4-15(20)5-3-13;15-13(11-7-3-1-4-8-11)14-12-9-5-2-6-10-12;3-2(4,5)1(6)7/h2-5,14,17H,6-11H2,1H3;1-10H,(H,14,15);(H,6,7)/t14?,17-,18?;;/m0../s1. The number of ether oxygens (including phenoxy) is 1. The summed E-state index contributed by atoms with van der Waals surface area (Å²) in [5, 5.41) is 20.9. The van der Waals surface area contributed by atoms with Crippen molar-refractivity contribution < 1.29 is 51.8 Å². The Morgan fingerprint density at radius 2 is 1.41 bits per heavy atom. The number of benzene rings is 3. The fraction of sp³-hybridized carbons (Fsp3) is 0.312.